The van der Waals surface area contributed by atoms with E-state index in [4.69, 9.17) is 23.7 Å². The van der Waals surface area contributed by atoms with Crippen LogP contribution < -0.4 is 0 Å². The minimum absolute atomic E-state index is 0.0709. The van der Waals surface area contributed by atoms with Crippen LogP contribution >= 0.6 is 0 Å². The van der Waals surface area contributed by atoms with E-state index in [-0.39, 0.29) is 55.0 Å². The quantitative estimate of drug-likeness (QED) is 0.183. The van der Waals surface area contributed by atoms with Crippen molar-refractivity contribution in [2.24, 2.45) is 23.7 Å². The smallest absolute Gasteiger partial charge is 0.331 e. The molecule has 0 radical (unpaired) electrons. The van der Waals surface area contributed by atoms with Crippen molar-refractivity contribution < 1.29 is 58.8 Å². The lowest BCUT2D eigenvalue weighted by Gasteiger charge is -2.42. The normalized spacial score (nSPS) is 32.7. The number of rotatable bonds is 11. The number of aliphatic hydroxyl groups is 4. The Morgan fingerprint density at radius 3 is 2.43 bits per heavy atom. The van der Waals surface area contributed by atoms with Crippen molar-refractivity contribution in [1.29, 1.82) is 0 Å². The molecule has 1 saturated heterocycles. The average Bonchev–Trinajstić information content (AvgIpc) is 3.40. The molecule has 2 heterocycles. The zero-order chi connectivity index (χ0) is 30.4. The number of aliphatic hydroxyl groups excluding tert-OH is 4. The van der Waals surface area contributed by atoms with Gasteiger partial charge in [0.2, 0.25) is 6.29 Å². The molecule has 9 atom stereocenters. The molecule has 0 aromatic heterocycles. The highest BCUT2D eigenvalue weighted by Crippen LogP contribution is 2.47. The molecule has 0 amide bonds. The maximum atomic E-state index is 12.6. The molecule has 1 aromatic rings. The fourth-order valence-corrected chi connectivity index (χ4v) is 5.67. The van der Waals surface area contributed by atoms with E-state index in [0.717, 1.165) is 6.08 Å². The van der Waals surface area contributed by atoms with Crippen molar-refractivity contribution >= 4 is 18.0 Å². The number of esters is 2. The Morgan fingerprint density at radius 1 is 1.02 bits per heavy atom. The van der Waals surface area contributed by atoms with E-state index in [1.165, 1.54) is 24.5 Å². The van der Waals surface area contributed by atoms with Crippen LogP contribution in [0.1, 0.15) is 38.7 Å². The number of carbonyl (C=O) groups excluding carboxylic acids is 2. The molecule has 232 valence electrons. The maximum absolute atomic E-state index is 12.6. The highest BCUT2D eigenvalue weighted by atomic mass is 16.7. The summed E-state index contributed by atoms with van der Waals surface area (Å²) in [5.74, 6) is -1.61. The van der Waals surface area contributed by atoms with Crippen LogP contribution in [0.4, 0.5) is 0 Å². The lowest BCUT2D eigenvalue weighted by atomic mass is 9.83. The van der Waals surface area contributed by atoms with Gasteiger partial charge in [0.15, 0.2) is 12.4 Å². The van der Waals surface area contributed by atoms with Crippen molar-refractivity contribution in [2.75, 3.05) is 19.8 Å². The van der Waals surface area contributed by atoms with Gasteiger partial charge in [-0.2, -0.15) is 0 Å². The van der Waals surface area contributed by atoms with Gasteiger partial charge in [-0.1, -0.05) is 26.0 Å². The van der Waals surface area contributed by atoms with Gasteiger partial charge in [0.25, 0.3) is 0 Å². The molecular formula is C30H40O12. The molecule has 0 bridgehead atoms. The van der Waals surface area contributed by atoms with E-state index in [2.05, 4.69) is 0 Å². The van der Waals surface area contributed by atoms with Crippen LogP contribution in [0.15, 0.2) is 42.2 Å². The zero-order valence-electron chi connectivity index (χ0n) is 23.7. The maximum Gasteiger partial charge on any atom is 0.331 e. The van der Waals surface area contributed by atoms with Gasteiger partial charge in [0.05, 0.1) is 19.5 Å². The third kappa shape index (κ3) is 7.68. The van der Waals surface area contributed by atoms with Crippen LogP contribution in [0, 0.1) is 23.7 Å². The van der Waals surface area contributed by atoms with Gasteiger partial charge in [-0.15, -0.1) is 0 Å². The van der Waals surface area contributed by atoms with Crippen molar-refractivity contribution in [2.45, 2.75) is 70.1 Å². The highest BCUT2D eigenvalue weighted by molar-refractivity contribution is 5.87. The fraction of sp³-hybridized carbons (Fsp3) is 0.600. The van der Waals surface area contributed by atoms with Gasteiger partial charge in [0, 0.05) is 25.0 Å². The lowest BCUT2D eigenvalue weighted by molar-refractivity contribution is -0.302. The zero-order valence-corrected chi connectivity index (χ0v) is 23.7. The van der Waals surface area contributed by atoms with Crippen LogP contribution in [0.2, 0.25) is 0 Å². The van der Waals surface area contributed by atoms with Crippen molar-refractivity contribution in [3.63, 3.8) is 0 Å². The molecule has 2 aliphatic heterocycles. The van der Waals surface area contributed by atoms with Gasteiger partial charge in [-0.05, 0) is 59.9 Å². The SMILES string of the molecule is CC(C)CC(=O)O[C@H]1OC=C(CO[C@H]2O[C@H](CO)[C@@H](O)[C@H](O)[C@H]2OC(=O)C=Cc2ccc(O)cc2)[C@H]2CC[C@@H](CO)[C@H]12. The number of carbonyl (C=O) groups is 2. The molecule has 12 heteroatoms. The lowest BCUT2D eigenvalue weighted by Crippen LogP contribution is -2.60. The second-order valence-corrected chi connectivity index (χ2v) is 11.3. The topological polar surface area (TPSA) is 181 Å². The largest absolute Gasteiger partial charge is 0.508 e. The number of benzene rings is 1. The number of ether oxygens (including phenoxy) is 5. The van der Waals surface area contributed by atoms with Gasteiger partial charge in [-0.25, -0.2) is 4.79 Å². The Hall–Kier alpha value is -3.00. The number of aromatic hydroxyl groups is 1. The first-order valence-corrected chi connectivity index (χ1v) is 14.2. The summed E-state index contributed by atoms with van der Waals surface area (Å²) in [6, 6.07) is 6.09. The molecule has 2 fully saturated rings. The number of hydrogen-bond donors (Lipinski definition) is 5. The number of phenolic OH excluding ortho intramolecular Hbond substituents is 1. The Morgan fingerprint density at radius 2 is 1.76 bits per heavy atom. The second kappa shape index (κ2) is 14.5. The Kier molecular flexibility index (Phi) is 11.0. The summed E-state index contributed by atoms with van der Waals surface area (Å²) in [5, 5.41) is 50.2. The van der Waals surface area contributed by atoms with E-state index in [1.807, 2.05) is 13.8 Å². The molecule has 1 aliphatic carbocycles. The van der Waals surface area contributed by atoms with Crippen LogP contribution in [0.3, 0.4) is 0 Å². The summed E-state index contributed by atoms with van der Waals surface area (Å²) in [5.41, 5.74) is 1.32. The predicted molar refractivity (Wildman–Crippen MR) is 146 cm³/mol. The predicted octanol–water partition coefficient (Wildman–Crippen LogP) is 1.24. The van der Waals surface area contributed by atoms with Crippen molar-refractivity contribution in [3.05, 3.63) is 47.7 Å². The molecular weight excluding hydrogens is 552 g/mol. The standard InChI is InChI=1S/C30H40O12/c1-16(2)11-24(35)42-29-25-18(12-31)6-9-21(25)19(14-38-29)15-39-30-28(27(37)26(36)22(13-32)40-30)41-23(34)10-5-17-3-7-20(33)8-4-17/h3-5,7-8,10,14,16,18,21-22,25-33,36-37H,6,9,11-13,15H2,1-2H3/t18-,21+,22+,25-,26+,27-,28+,29+,30-/m0/s1. The fourth-order valence-electron chi connectivity index (χ4n) is 5.67. The molecule has 12 nitrogen and oxygen atoms in total. The summed E-state index contributed by atoms with van der Waals surface area (Å²) in [4.78, 5) is 25.0. The summed E-state index contributed by atoms with van der Waals surface area (Å²) in [7, 11) is 0. The molecule has 42 heavy (non-hydrogen) atoms. The monoisotopic (exact) mass is 592 g/mol. The van der Waals surface area contributed by atoms with Crippen molar-refractivity contribution in [1.82, 2.24) is 0 Å². The molecule has 4 rings (SSSR count). The first-order valence-electron chi connectivity index (χ1n) is 14.2. The Bertz CT molecular complexity index is 1120. The van der Waals surface area contributed by atoms with Gasteiger partial charge >= 0.3 is 11.9 Å². The van der Waals surface area contributed by atoms with Gasteiger partial charge < -0.3 is 49.2 Å². The molecule has 0 unspecified atom stereocenters. The van der Waals surface area contributed by atoms with Crippen LogP contribution in [-0.4, -0.2) is 94.3 Å². The second-order valence-electron chi connectivity index (χ2n) is 11.3. The third-order valence-corrected chi connectivity index (χ3v) is 7.85. The van der Waals surface area contributed by atoms with Gasteiger partial charge in [0.1, 0.15) is 24.1 Å². The van der Waals surface area contributed by atoms with E-state index in [0.29, 0.717) is 24.0 Å². The molecule has 0 spiro atoms. The minimum atomic E-state index is -1.62. The Labute approximate surface area is 244 Å². The highest BCUT2D eigenvalue weighted by Gasteiger charge is 2.50. The molecule has 1 aromatic carbocycles. The van der Waals surface area contributed by atoms with Crippen LogP contribution in [-0.2, 0) is 33.3 Å². The van der Waals surface area contributed by atoms with Gasteiger partial charge in [-0.3, -0.25) is 4.79 Å². The molecule has 1 saturated carbocycles. The number of fused-ring (bicyclic) bond motifs is 1. The summed E-state index contributed by atoms with van der Waals surface area (Å²) in [6.07, 6.45) is -2.31. The Balaban J connectivity index is 1.45. The van der Waals surface area contributed by atoms with Crippen molar-refractivity contribution in [3.8, 4) is 5.75 Å². The molecule has 3 aliphatic rings. The van der Waals surface area contributed by atoms with E-state index in [9.17, 15) is 35.1 Å². The number of hydrogen-bond acceptors (Lipinski definition) is 12. The third-order valence-electron chi connectivity index (χ3n) is 7.85. The van der Waals surface area contributed by atoms with E-state index < -0.39 is 49.6 Å². The average molecular weight is 593 g/mol. The molecule has 5 N–H and O–H groups in total. The van der Waals surface area contributed by atoms with Crippen LogP contribution in [0.25, 0.3) is 6.08 Å². The minimum Gasteiger partial charge on any atom is -0.508 e. The first kappa shape index (κ1) is 31.9. The first-order chi connectivity index (χ1) is 20.1. The summed E-state index contributed by atoms with van der Waals surface area (Å²) in [6.45, 7) is 3.04. The summed E-state index contributed by atoms with van der Waals surface area (Å²) < 4.78 is 28.5. The van der Waals surface area contributed by atoms with E-state index >= 15 is 0 Å². The van der Waals surface area contributed by atoms with Crippen LogP contribution in [0.5, 0.6) is 5.75 Å². The number of phenols is 1. The summed E-state index contributed by atoms with van der Waals surface area (Å²) >= 11 is 0. The van der Waals surface area contributed by atoms with E-state index in [1.54, 1.807) is 12.1 Å².